The third kappa shape index (κ3) is 7.03. The molecular formula is C34H40O10. The van der Waals surface area contributed by atoms with Gasteiger partial charge in [-0.15, -0.1) is 0 Å². The molecule has 0 saturated carbocycles. The summed E-state index contributed by atoms with van der Waals surface area (Å²) in [6.07, 6.45) is 4.48. The lowest BCUT2D eigenvalue weighted by Crippen LogP contribution is -2.37. The molecule has 0 radical (unpaired) electrons. The van der Waals surface area contributed by atoms with Gasteiger partial charge in [-0.2, -0.15) is 0 Å². The summed E-state index contributed by atoms with van der Waals surface area (Å²) in [5.74, 6) is -0.134. The summed E-state index contributed by atoms with van der Waals surface area (Å²) in [7, 11) is 6.33. The molecule has 0 spiro atoms. The molecule has 0 N–H and O–H groups in total. The van der Waals surface area contributed by atoms with Crippen molar-refractivity contribution >= 4 is 11.9 Å². The van der Waals surface area contributed by atoms with Crippen molar-refractivity contribution in [3.05, 3.63) is 83.3 Å². The lowest BCUT2D eigenvalue weighted by atomic mass is 9.80. The molecule has 10 nitrogen and oxygen atoms in total. The molecule has 6 aliphatic rings. The highest BCUT2D eigenvalue weighted by molar-refractivity contribution is 5.87. The third-order valence-corrected chi connectivity index (χ3v) is 8.47. The van der Waals surface area contributed by atoms with Crippen LogP contribution in [0.3, 0.4) is 0 Å². The van der Waals surface area contributed by atoms with Crippen LogP contribution in [0, 0.1) is 11.8 Å². The van der Waals surface area contributed by atoms with Gasteiger partial charge in [0.15, 0.2) is 0 Å². The highest BCUT2D eigenvalue weighted by Crippen LogP contribution is 2.42. The van der Waals surface area contributed by atoms with Gasteiger partial charge in [0.1, 0.15) is 11.5 Å². The standard InChI is InChI=1S/C34H40O10/c1-37-23-13-9-21(10-14-23)27-19-29-31(35)41-18-6-8-26-28(22-11-15-24(38-2)16-12-22)20-30(44-34(26)40-4)32(36)42-17-5-7-25(27)33(39-3)43-29/h9-16,19-20,25-28,33-34H,5-8,17-18H2,1-4H3/t25?,26?,27-,28+,33+,34-. The van der Waals surface area contributed by atoms with Gasteiger partial charge >= 0.3 is 11.9 Å². The van der Waals surface area contributed by atoms with Crippen LogP contribution in [0.2, 0.25) is 0 Å². The largest absolute Gasteiger partial charge is 0.497 e. The van der Waals surface area contributed by atoms with E-state index >= 15 is 0 Å². The minimum Gasteiger partial charge on any atom is -0.497 e. The molecule has 2 unspecified atom stereocenters. The maximum Gasteiger partial charge on any atom is 0.373 e. The van der Waals surface area contributed by atoms with Crippen LogP contribution in [0.5, 0.6) is 11.5 Å². The Morgan fingerprint density at radius 1 is 0.591 bits per heavy atom. The highest BCUT2D eigenvalue weighted by Gasteiger charge is 2.40. The molecule has 6 heterocycles. The van der Waals surface area contributed by atoms with E-state index in [4.69, 9.17) is 37.9 Å². The fourth-order valence-electron chi connectivity index (χ4n) is 6.17. The van der Waals surface area contributed by atoms with Crippen molar-refractivity contribution in [3.63, 3.8) is 0 Å². The molecule has 6 atom stereocenters. The van der Waals surface area contributed by atoms with Crippen molar-refractivity contribution in [1.82, 2.24) is 0 Å². The van der Waals surface area contributed by atoms with E-state index in [2.05, 4.69) is 0 Å². The Labute approximate surface area is 257 Å². The number of methoxy groups -OCH3 is 4. The highest BCUT2D eigenvalue weighted by atomic mass is 16.7. The molecule has 0 aromatic heterocycles. The number of carbonyl (C=O) groups is 2. The quantitative estimate of drug-likeness (QED) is 0.404. The van der Waals surface area contributed by atoms with Crippen LogP contribution in [-0.2, 0) is 38.0 Å². The number of allylic oxidation sites excluding steroid dienone is 2. The summed E-state index contributed by atoms with van der Waals surface area (Å²) in [6.45, 7) is 0.323. The zero-order chi connectivity index (χ0) is 31.1. The lowest BCUT2D eigenvalue weighted by molar-refractivity contribution is -0.173. The van der Waals surface area contributed by atoms with Crippen LogP contribution in [0.1, 0.15) is 48.6 Å². The fourth-order valence-corrected chi connectivity index (χ4v) is 6.17. The summed E-state index contributed by atoms with van der Waals surface area (Å²) in [6, 6.07) is 15.4. The van der Waals surface area contributed by atoms with E-state index < -0.39 is 24.5 Å². The summed E-state index contributed by atoms with van der Waals surface area (Å²) in [4.78, 5) is 26.5. The molecule has 44 heavy (non-hydrogen) atoms. The van der Waals surface area contributed by atoms with Gasteiger partial charge < -0.3 is 37.9 Å². The van der Waals surface area contributed by atoms with Crippen LogP contribution in [0.15, 0.2) is 72.2 Å². The summed E-state index contributed by atoms with van der Waals surface area (Å²) in [5.41, 5.74) is 1.95. The van der Waals surface area contributed by atoms with Crippen LogP contribution < -0.4 is 9.47 Å². The molecule has 8 rings (SSSR count). The second-order valence-electron chi connectivity index (χ2n) is 11.0. The van der Waals surface area contributed by atoms with Crippen LogP contribution in [0.25, 0.3) is 0 Å². The molecule has 4 bridgehead atoms. The second kappa shape index (κ2) is 14.6. The van der Waals surface area contributed by atoms with Gasteiger partial charge in [0.05, 0.1) is 27.4 Å². The second-order valence-corrected chi connectivity index (χ2v) is 11.0. The average molecular weight is 609 g/mol. The van der Waals surface area contributed by atoms with Gasteiger partial charge in [0.2, 0.25) is 24.1 Å². The first-order chi connectivity index (χ1) is 21.4. The van der Waals surface area contributed by atoms with Crippen molar-refractivity contribution in [1.29, 1.82) is 0 Å². The van der Waals surface area contributed by atoms with Gasteiger partial charge in [-0.3, -0.25) is 0 Å². The minimum absolute atomic E-state index is 0.112. The van der Waals surface area contributed by atoms with Crippen molar-refractivity contribution in [3.8, 4) is 11.5 Å². The van der Waals surface area contributed by atoms with Crippen LogP contribution in [0.4, 0.5) is 0 Å². The van der Waals surface area contributed by atoms with Crippen molar-refractivity contribution in [2.45, 2.75) is 50.1 Å². The summed E-state index contributed by atoms with van der Waals surface area (Å²) in [5, 5.41) is 0. The zero-order valence-electron chi connectivity index (χ0n) is 25.6. The van der Waals surface area contributed by atoms with E-state index in [1.165, 1.54) is 0 Å². The van der Waals surface area contributed by atoms with Crippen molar-refractivity contribution in [2.24, 2.45) is 11.8 Å². The predicted octanol–water partition coefficient (Wildman–Crippen LogP) is 5.24. The monoisotopic (exact) mass is 608 g/mol. The number of hydrogen-bond donors (Lipinski definition) is 0. The van der Waals surface area contributed by atoms with Crippen molar-refractivity contribution < 1.29 is 47.5 Å². The molecule has 236 valence electrons. The zero-order valence-corrected chi connectivity index (χ0v) is 25.6. The first-order valence-corrected chi connectivity index (χ1v) is 14.9. The number of benzene rings is 2. The molecule has 0 amide bonds. The van der Waals surface area contributed by atoms with Gasteiger partial charge in [0, 0.05) is 37.9 Å². The first kappa shape index (κ1) is 31.4. The Hall–Kier alpha value is -4.02. The number of hydrogen-bond acceptors (Lipinski definition) is 10. The Bertz CT molecular complexity index is 1230. The lowest BCUT2D eigenvalue weighted by Gasteiger charge is -2.37. The molecular weight excluding hydrogens is 568 g/mol. The molecule has 1 fully saturated rings. The molecule has 0 aliphatic carbocycles. The van der Waals surface area contributed by atoms with Gasteiger partial charge in [-0.1, -0.05) is 24.3 Å². The molecule has 2 aromatic carbocycles. The maximum atomic E-state index is 13.2. The molecule has 10 heteroatoms. The smallest absolute Gasteiger partial charge is 0.373 e. The van der Waals surface area contributed by atoms with Gasteiger partial charge in [-0.25, -0.2) is 9.59 Å². The third-order valence-electron chi connectivity index (χ3n) is 8.47. The van der Waals surface area contributed by atoms with Crippen molar-refractivity contribution in [2.75, 3.05) is 41.7 Å². The van der Waals surface area contributed by atoms with E-state index in [9.17, 15) is 9.59 Å². The first-order valence-electron chi connectivity index (χ1n) is 14.9. The van der Waals surface area contributed by atoms with Gasteiger partial charge in [-0.05, 0) is 73.2 Å². The number of carbonyl (C=O) groups excluding carboxylic acids is 2. The normalized spacial score (nSPS) is 27.8. The molecule has 1 saturated heterocycles. The van der Waals surface area contributed by atoms with E-state index in [1.54, 1.807) is 40.6 Å². The molecule has 2 aromatic rings. The predicted molar refractivity (Wildman–Crippen MR) is 159 cm³/mol. The topological polar surface area (TPSA) is 108 Å². The number of rotatable bonds is 6. The average Bonchev–Trinajstić information content (AvgIpc) is 3.07. The van der Waals surface area contributed by atoms with Crippen LogP contribution >= 0.6 is 0 Å². The maximum absolute atomic E-state index is 13.2. The number of esters is 2. The summed E-state index contributed by atoms with van der Waals surface area (Å²) < 4.78 is 45.5. The minimum atomic E-state index is -0.695. The molecule has 6 aliphatic heterocycles. The Kier molecular flexibility index (Phi) is 10.4. The van der Waals surface area contributed by atoms with Gasteiger partial charge in [0.25, 0.3) is 0 Å². The Morgan fingerprint density at radius 3 is 1.32 bits per heavy atom. The van der Waals surface area contributed by atoms with E-state index in [0.717, 1.165) is 22.6 Å². The van der Waals surface area contributed by atoms with Crippen LogP contribution in [-0.4, -0.2) is 66.2 Å². The summed E-state index contributed by atoms with van der Waals surface area (Å²) >= 11 is 0. The fraction of sp³-hybridized carbons (Fsp3) is 0.471. The van der Waals surface area contributed by atoms with E-state index in [-0.39, 0.29) is 48.4 Å². The van der Waals surface area contributed by atoms with E-state index in [0.29, 0.717) is 25.7 Å². The Balaban J connectivity index is 1.42. The SMILES string of the molecule is COc1ccc([C@H]2C=C3O[C@H](OC)C2CCCOC(=O)C2=C[C@@H](c4ccc(OC)cc4)C(CCCOC3=O)[C@H](OC)O2)cc1. The Morgan fingerprint density at radius 2 is 0.977 bits per heavy atom. The number of ether oxygens (including phenoxy) is 8. The van der Waals surface area contributed by atoms with E-state index in [1.807, 2.05) is 48.5 Å².